The number of hydrogen-bond donors (Lipinski definition) is 0. The summed E-state index contributed by atoms with van der Waals surface area (Å²) in [5.41, 5.74) is 3.47. The first-order valence-corrected chi connectivity index (χ1v) is 10.6. The summed E-state index contributed by atoms with van der Waals surface area (Å²) in [6.45, 7) is 6.01. The van der Waals surface area contributed by atoms with Gasteiger partial charge in [0.15, 0.2) is 0 Å². The van der Waals surface area contributed by atoms with Gasteiger partial charge in [0.1, 0.15) is 0 Å². The molecule has 0 bridgehead atoms. The van der Waals surface area contributed by atoms with Crippen LogP contribution in [0.4, 0.5) is 0 Å². The fourth-order valence-corrected chi connectivity index (χ4v) is 4.98. The van der Waals surface area contributed by atoms with Crippen LogP contribution in [0.2, 0.25) is 0 Å². The Balaban J connectivity index is 1.81. The Morgan fingerprint density at radius 1 is 1.19 bits per heavy atom. The molecule has 3 rings (SSSR count). The van der Waals surface area contributed by atoms with E-state index in [0.717, 1.165) is 29.7 Å². The van der Waals surface area contributed by atoms with Crippen molar-refractivity contribution in [1.82, 2.24) is 9.21 Å². The number of nitrogens with zero attached hydrogens (tertiary/aromatic N) is 3. The van der Waals surface area contributed by atoms with E-state index in [9.17, 15) is 8.42 Å². The SMILES string of the molecule is CCN(C)C1CCN(S(=O)(=O)c2ccc(-c3ccc(C#N)c(C)c3)cc2)C1. The first-order valence-electron chi connectivity index (χ1n) is 9.18. The molecule has 0 aliphatic carbocycles. The highest BCUT2D eigenvalue weighted by Gasteiger charge is 2.33. The van der Waals surface area contributed by atoms with Gasteiger partial charge in [-0.25, -0.2) is 8.42 Å². The predicted octanol–water partition coefficient (Wildman–Crippen LogP) is 3.25. The first-order chi connectivity index (χ1) is 12.9. The van der Waals surface area contributed by atoms with Crippen LogP contribution in [0, 0.1) is 18.3 Å². The lowest BCUT2D eigenvalue weighted by molar-refractivity contribution is 0.262. The zero-order chi connectivity index (χ0) is 19.6. The van der Waals surface area contributed by atoms with Gasteiger partial charge in [0.2, 0.25) is 10.0 Å². The predicted molar refractivity (Wildman–Crippen MR) is 107 cm³/mol. The minimum atomic E-state index is -3.47. The monoisotopic (exact) mass is 383 g/mol. The van der Waals surface area contributed by atoms with Crippen LogP contribution >= 0.6 is 0 Å². The second-order valence-corrected chi connectivity index (χ2v) is 8.98. The molecule has 142 valence electrons. The van der Waals surface area contributed by atoms with Crippen molar-refractivity contribution in [2.45, 2.75) is 31.2 Å². The summed E-state index contributed by atoms with van der Waals surface area (Å²) in [7, 11) is -1.43. The van der Waals surface area contributed by atoms with E-state index in [0.29, 0.717) is 23.5 Å². The van der Waals surface area contributed by atoms with Crippen LogP contribution in [0.1, 0.15) is 24.5 Å². The van der Waals surface area contributed by atoms with Gasteiger partial charge in [0, 0.05) is 19.1 Å². The van der Waals surface area contributed by atoms with Gasteiger partial charge in [-0.2, -0.15) is 9.57 Å². The van der Waals surface area contributed by atoms with E-state index in [1.807, 2.05) is 38.2 Å². The molecular weight excluding hydrogens is 358 g/mol. The molecular formula is C21H25N3O2S. The fourth-order valence-electron chi connectivity index (χ4n) is 3.48. The number of likely N-dealkylation sites (N-methyl/N-ethyl adjacent to an activating group) is 1. The Kier molecular flexibility index (Phi) is 5.66. The highest BCUT2D eigenvalue weighted by molar-refractivity contribution is 7.89. The smallest absolute Gasteiger partial charge is 0.243 e. The maximum Gasteiger partial charge on any atom is 0.243 e. The molecule has 1 heterocycles. The average Bonchev–Trinajstić information content (AvgIpc) is 3.18. The number of sulfonamides is 1. The molecule has 2 aromatic carbocycles. The van der Waals surface area contributed by atoms with Crippen LogP contribution in [0.25, 0.3) is 11.1 Å². The average molecular weight is 384 g/mol. The zero-order valence-electron chi connectivity index (χ0n) is 16.0. The molecule has 1 aliphatic heterocycles. The molecule has 1 saturated heterocycles. The van der Waals surface area contributed by atoms with E-state index in [4.69, 9.17) is 5.26 Å². The standard InChI is InChI=1S/C21H25N3O2S/c1-4-23(3)20-11-12-24(15-20)27(25,26)21-9-7-17(8-10-21)18-5-6-19(14-22)16(2)13-18/h5-10,13,20H,4,11-12,15H2,1-3H3. The van der Waals surface area contributed by atoms with Gasteiger partial charge in [-0.05, 0) is 61.8 Å². The fraction of sp³-hybridized carbons (Fsp3) is 0.381. The van der Waals surface area contributed by atoms with Crippen LogP contribution in [0.5, 0.6) is 0 Å². The van der Waals surface area contributed by atoms with E-state index < -0.39 is 10.0 Å². The van der Waals surface area contributed by atoms with Gasteiger partial charge in [-0.15, -0.1) is 0 Å². The van der Waals surface area contributed by atoms with Crippen molar-refractivity contribution in [1.29, 1.82) is 5.26 Å². The van der Waals surface area contributed by atoms with Gasteiger partial charge < -0.3 is 4.90 Å². The normalized spacial score (nSPS) is 18.0. The zero-order valence-corrected chi connectivity index (χ0v) is 16.8. The number of hydrogen-bond acceptors (Lipinski definition) is 4. The molecule has 1 fully saturated rings. The molecule has 0 saturated carbocycles. The molecule has 1 aliphatic rings. The summed E-state index contributed by atoms with van der Waals surface area (Å²) >= 11 is 0. The summed E-state index contributed by atoms with van der Waals surface area (Å²) in [4.78, 5) is 2.53. The van der Waals surface area contributed by atoms with Gasteiger partial charge in [0.05, 0.1) is 16.5 Å². The van der Waals surface area contributed by atoms with Crippen molar-refractivity contribution in [3.63, 3.8) is 0 Å². The summed E-state index contributed by atoms with van der Waals surface area (Å²) in [5, 5.41) is 9.05. The molecule has 0 radical (unpaired) electrons. The van der Waals surface area contributed by atoms with Crippen molar-refractivity contribution in [3.8, 4) is 17.2 Å². The van der Waals surface area contributed by atoms with Gasteiger partial charge in [-0.3, -0.25) is 0 Å². The van der Waals surface area contributed by atoms with Crippen LogP contribution in [0.15, 0.2) is 47.4 Å². The van der Waals surface area contributed by atoms with E-state index in [1.165, 1.54) is 0 Å². The Morgan fingerprint density at radius 2 is 1.85 bits per heavy atom. The Labute approximate surface area is 161 Å². The van der Waals surface area contributed by atoms with Crippen LogP contribution in [-0.4, -0.2) is 50.3 Å². The second-order valence-electron chi connectivity index (χ2n) is 7.04. The van der Waals surface area contributed by atoms with Gasteiger partial charge in [0.25, 0.3) is 0 Å². The molecule has 0 amide bonds. The minimum Gasteiger partial charge on any atom is -0.302 e. The van der Waals surface area contributed by atoms with Gasteiger partial charge >= 0.3 is 0 Å². The van der Waals surface area contributed by atoms with Crippen LogP contribution < -0.4 is 0 Å². The first kappa shape index (κ1) is 19.6. The highest BCUT2D eigenvalue weighted by Crippen LogP contribution is 2.27. The summed E-state index contributed by atoms with van der Waals surface area (Å²) < 4.78 is 27.5. The molecule has 5 nitrogen and oxygen atoms in total. The van der Waals surface area contributed by atoms with Crippen molar-refractivity contribution < 1.29 is 8.42 Å². The second kappa shape index (κ2) is 7.81. The minimum absolute atomic E-state index is 0.283. The maximum atomic E-state index is 12.9. The van der Waals surface area contributed by atoms with E-state index in [-0.39, 0.29) is 6.04 Å². The lowest BCUT2D eigenvalue weighted by atomic mass is 10.0. The van der Waals surface area contributed by atoms with Crippen molar-refractivity contribution in [3.05, 3.63) is 53.6 Å². The quantitative estimate of drug-likeness (QED) is 0.795. The number of benzene rings is 2. The topological polar surface area (TPSA) is 64.4 Å². The lowest BCUT2D eigenvalue weighted by Crippen LogP contribution is -2.36. The lowest BCUT2D eigenvalue weighted by Gasteiger charge is -2.23. The molecule has 1 atom stereocenters. The summed E-state index contributed by atoms with van der Waals surface area (Å²) in [6, 6.07) is 15.1. The summed E-state index contributed by atoms with van der Waals surface area (Å²) in [6.07, 6.45) is 0.867. The largest absolute Gasteiger partial charge is 0.302 e. The molecule has 0 aromatic heterocycles. The molecule has 2 aromatic rings. The Hall–Kier alpha value is -2.20. The Bertz CT molecular complexity index is 962. The van der Waals surface area contributed by atoms with Crippen LogP contribution in [-0.2, 0) is 10.0 Å². The van der Waals surface area contributed by atoms with E-state index >= 15 is 0 Å². The van der Waals surface area contributed by atoms with E-state index in [2.05, 4.69) is 17.9 Å². The number of aryl methyl sites for hydroxylation is 1. The molecule has 27 heavy (non-hydrogen) atoms. The van der Waals surface area contributed by atoms with Crippen molar-refractivity contribution >= 4 is 10.0 Å². The maximum absolute atomic E-state index is 12.9. The third-order valence-corrected chi connectivity index (χ3v) is 7.30. The summed E-state index contributed by atoms with van der Waals surface area (Å²) in [5.74, 6) is 0. The van der Waals surface area contributed by atoms with Crippen molar-refractivity contribution in [2.24, 2.45) is 0 Å². The molecule has 1 unspecified atom stereocenters. The third-order valence-electron chi connectivity index (χ3n) is 5.42. The molecule has 0 N–H and O–H groups in total. The number of nitriles is 1. The van der Waals surface area contributed by atoms with Gasteiger partial charge in [-0.1, -0.05) is 31.2 Å². The highest BCUT2D eigenvalue weighted by atomic mass is 32.2. The Morgan fingerprint density at radius 3 is 2.44 bits per heavy atom. The molecule has 6 heteroatoms. The van der Waals surface area contributed by atoms with E-state index in [1.54, 1.807) is 22.5 Å². The number of rotatable bonds is 5. The van der Waals surface area contributed by atoms with Crippen molar-refractivity contribution in [2.75, 3.05) is 26.7 Å². The third kappa shape index (κ3) is 3.91. The van der Waals surface area contributed by atoms with Crippen LogP contribution in [0.3, 0.4) is 0 Å². The molecule has 0 spiro atoms.